The van der Waals surface area contributed by atoms with Crippen LogP contribution in [0.3, 0.4) is 0 Å². The third-order valence-electron chi connectivity index (χ3n) is 3.45. The highest BCUT2D eigenvalue weighted by Crippen LogP contribution is 2.25. The Kier molecular flexibility index (Phi) is 5.36. The van der Waals surface area contributed by atoms with Crippen LogP contribution in [0.5, 0.6) is 5.75 Å². The molecule has 1 aromatic heterocycles. The minimum absolute atomic E-state index is 0.240. The summed E-state index contributed by atoms with van der Waals surface area (Å²) in [4.78, 5) is 4.02. The predicted molar refractivity (Wildman–Crippen MR) is 82.4 cm³/mol. The lowest BCUT2D eigenvalue weighted by molar-refractivity contribution is 0.165. The summed E-state index contributed by atoms with van der Waals surface area (Å²) in [7, 11) is 1.62. The Morgan fingerprint density at radius 1 is 1.43 bits per heavy atom. The predicted octanol–water partition coefficient (Wildman–Crippen LogP) is 1.91. The van der Waals surface area contributed by atoms with Crippen LogP contribution in [0.4, 0.5) is 0 Å². The fourth-order valence-corrected chi connectivity index (χ4v) is 2.31. The number of methoxy groups -OCH3 is 1. The van der Waals surface area contributed by atoms with Crippen molar-refractivity contribution >= 4 is 0 Å². The molecule has 1 heterocycles. The Balaban J connectivity index is 1.92. The summed E-state index contributed by atoms with van der Waals surface area (Å²) in [6.07, 6.45) is 4.89. The molecule has 5 nitrogen and oxygen atoms in total. The highest BCUT2D eigenvalue weighted by Gasteiger charge is 2.14. The van der Waals surface area contributed by atoms with Gasteiger partial charge in [0.1, 0.15) is 5.75 Å². The van der Waals surface area contributed by atoms with Crippen LogP contribution in [0.15, 0.2) is 36.9 Å². The maximum Gasteiger partial charge on any atom is 0.124 e. The van der Waals surface area contributed by atoms with Gasteiger partial charge in [0.15, 0.2) is 0 Å². The van der Waals surface area contributed by atoms with Crippen LogP contribution < -0.4 is 10.1 Å². The van der Waals surface area contributed by atoms with Gasteiger partial charge in [-0.05, 0) is 26.0 Å². The van der Waals surface area contributed by atoms with Crippen molar-refractivity contribution in [3.05, 3.63) is 48.0 Å². The number of aliphatic hydroxyl groups is 1. The second-order valence-electron chi connectivity index (χ2n) is 5.33. The molecule has 0 fully saturated rings. The van der Waals surface area contributed by atoms with Gasteiger partial charge in [-0.2, -0.15) is 0 Å². The molecule has 2 N–H and O–H groups in total. The van der Waals surface area contributed by atoms with Gasteiger partial charge in [0.05, 0.1) is 19.5 Å². The van der Waals surface area contributed by atoms with Crippen molar-refractivity contribution in [1.82, 2.24) is 14.9 Å². The van der Waals surface area contributed by atoms with Crippen molar-refractivity contribution in [3.63, 3.8) is 0 Å². The molecular weight excluding hydrogens is 266 g/mol. The van der Waals surface area contributed by atoms with Crippen LogP contribution in [-0.4, -0.2) is 34.4 Å². The lowest BCUT2D eigenvalue weighted by Crippen LogP contribution is -2.33. The molecule has 2 rings (SSSR count). The van der Waals surface area contributed by atoms with Gasteiger partial charge in [0, 0.05) is 37.1 Å². The van der Waals surface area contributed by atoms with Gasteiger partial charge in [-0.25, -0.2) is 4.98 Å². The summed E-state index contributed by atoms with van der Waals surface area (Å²) in [5.41, 5.74) is 1.93. The van der Waals surface area contributed by atoms with E-state index < -0.39 is 6.10 Å². The quantitative estimate of drug-likeness (QED) is 0.817. The molecule has 1 aromatic carbocycles. The van der Waals surface area contributed by atoms with Crippen LogP contribution in [0.1, 0.15) is 24.2 Å². The van der Waals surface area contributed by atoms with Gasteiger partial charge >= 0.3 is 0 Å². The van der Waals surface area contributed by atoms with Crippen molar-refractivity contribution in [2.75, 3.05) is 13.7 Å². The Bertz CT molecular complexity index is 555. The average Bonchev–Trinajstić information content (AvgIpc) is 2.97. The number of aryl methyl sites for hydroxylation is 1. The SMILES string of the molecule is COc1ccc(C)cc1C(O)CNC(C)Cn1ccnc1. The van der Waals surface area contributed by atoms with E-state index in [9.17, 15) is 5.11 Å². The van der Waals surface area contributed by atoms with E-state index in [0.29, 0.717) is 6.54 Å². The molecule has 2 atom stereocenters. The van der Waals surface area contributed by atoms with Gasteiger partial charge in [-0.15, -0.1) is 0 Å². The normalized spacial score (nSPS) is 13.9. The van der Waals surface area contributed by atoms with Crippen LogP contribution in [0, 0.1) is 6.92 Å². The molecule has 0 amide bonds. The second-order valence-corrected chi connectivity index (χ2v) is 5.33. The third kappa shape index (κ3) is 4.31. The zero-order chi connectivity index (χ0) is 15.2. The Morgan fingerprint density at radius 3 is 2.90 bits per heavy atom. The Morgan fingerprint density at radius 2 is 2.24 bits per heavy atom. The minimum Gasteiger partial charge on any atom is -0.496 e. The highest BCUT2D eigenvalue weighted by molar-refractivity contribution is 5.38. The van der Waals surface area contributed by atoms with E-state index in [-0.39, 0.29) is 6.04 Å². The number of hydrogen-bond acceptors (Lipinski definition) is 4. The number of hydrogen-bond donors (Lipinski definition) is 2. The number of nitrogens with zero attached hydrogens (tertiary/aromatic N) is 2. The number of aliphatic hydroxyl groups excluding tert-OH is 1. The van der Waals surface area contributed by atoms with E-state index in [1.807, 2.05) is 35.9 Å². The van der Waals surface area contributed by atoms with Crippen molar-refractivity contribution in [3.8, 4) is 5.75 Å². The zero-order valence-electron chi connectivity index (χ0n) is 12.8. The van der Waals surface area contributed by atoms with E-state index in [0.717, 1.165) is 23.4 Å². The highest BCUT2D eigenvalue weighted by atomic mass is 16.5. The zero-order valence-corrected chi connectivity index (χ0v) is 12.8. The summed E-state index contributed by atoms with van der Waals surface area (Å²) in [5, 5.41) is 13.7. The van der Waals surface area contributed by atoms with Crippen molar-refractivity contribution in [1.29, 1.82) is 0 Å². The lowest BCUT2D eigenvalue weighted by Gasteiger charge is -2.19. The molecule has 114 valence electrons. The maximum absolute atomic E-state index is 10.4. The van der Waals surface area contributed by atoms with E-state index in [1.165, 1.54) is 0 Å². The van der Waals surface area contributed by atoms with Crippen LogP contribution in [0.2, 0.25) is 0 Å². The van der Waals surface area contributed by atoms with Crippen molar-refractivity contribution < 1.29 is 9.84 Å². The Hall–Kier alpha value is -1.85. The smallest absolute Gasteiger partial charge is 0.124 e. The molecule has 0 saturated carbocycles. The van der Waals surface area contributed by atoms with Gasteiger partial charge in [-0.3, -0.25) is 0 Å². The molecule has 2 unspecified atom stereocenters. The summed E-state index contributed by atoms with van der Waals surface area (Å²) in [6, 6.07) is 6.07. The fraction of sp³-hybridized carbons (Fsp3) is 0.438. The largest absolute Gasteiger partial charge is 0.496 e. The third-order valence-corrected chi connectivity index (χ3v) is 3.45. The average molecular weight is 289 g/mol. The molecule has 2 aromatic rings. The van der Waals surface area contributed by atoms with E-state index in [4.69, 9.17) is 4.74 Å². The van der Waals surface area contributed by atoms with Gasteiger partial charge < -0.3 is 19.7 Å². The number of benzene rings is 1. The molecule has 0 saturated heterocycles. The summed E-state index contributed by atoms with van der Waals surface area (Å²) in [5.74, 6) is 0.720. The second kappa shape index (κ2) is 7.24. The minimum atomic E-state index is -0.593. The molecule has 0 aliphatic carbocycles. The molecule has 0 aliphatic rings. The standard InChI is InChI=1S/C16H23N3O2/c1-12-4-5-16(21-3)14(8-12)15(20)9-18-13(2)10-19-7-6-17-11-19/h4-8,11,13,15,18,20H,9-10H2,1-3H3. The first-order valence-electron chi connectivity index (χ1n) is 7.12. The molecule has 21 heavy (non-hydrogen) atoms. The number of ether oxygens (including phenoxy) is 1. The topological polar surface area (TPSA) is 59.3 Å². The molecular formula is C16H23N3O2. The van der Waals surface area contributed by atoms with Crippen LogP contribution in [-0.2, 0) is 6.54 Å². The number of rotatable bonds is 7. The summed E-state index contributed by atoms with van der Waals surface area (Å²) in [6.45, 7) is 5.39. The van der Waals surface area contributed by atoms with Gasteiger partial charge in [0.2, 0.25) is 0 Å². The summed E-state index contributed by atoms with van der Waals surface area (Å²) < 4.78 is 7.32. The maximum atomic E-state index is 10.4. The van der Waals surface area contributed by atoms with Crippen LogP contribution >= 0.6 is 0 Å². The van der Waals surface area contributed by atoms with Crippen LogP contribution in [0.25, 0.3) is 0 Å². The molecule has 5 heteroatoms. The van der Waals surface area contributed by atoms with Gasteiger partial charge in [0.25, 0.3) is 0 Å². The van der Waals surface area contributed by atoms with Crippen molar-refractivity contribution in [2.24, 2.45) is 0 Å². The van der Waals surface area contributed by atoms with E-state index in [2.05, 4.69) is 17.2 Å². The molecule has 0 aliphatic heterocycles. The first-order chi connectivity index (χ1) is 10.1. The first-order valence-corrected chi connectivity index (χ1v) is 7.12. The molecule has 0 radical (unpaired) electrons. The number of nitrogens with one attached hydrogen (secondary N) is 1. The van der Waals surface area contributed by atoms with Crippen molar-refractivity contribution in [2.45, 2.75) is 32.5 Å². The monoisotopic (exact) mass is 289 g/mol. The Labute approximate surface area is 125 Å². The number of imidazole rings is 1. The van der Waals surface area contributed by atoms with E-state index in [1.54, 1.807) is 19.6 Å². The van der Waals surface area contributed by atoms with E-state index >= 15 is 0 Å². The fourth-order valence-electron chi connectivity index (χ4n) is 2.31. The number of aromatic nitrogens is 2. The molecule has 0 spiro atoms. The first kappa shape index (κ1) is 15.5. The lowest BCUT2D eigenvalue weighted by atomic mass is 10.0. The summed E-state index contributed by atoms with van der Waals surface area (Å²) >= 11 is 0. The molecule has 0 bridgehead atoms. The van der Waals surface area contributed by atoms with Gasteiger partial charge in [-0.1, -0.05) is 11.6 Å².